The minimum Gasteiger partial charge on any atom is -0.460 e. The van der Waals surface area contributed by atoms with Crippen LogP contribution in [-0.2, 0) is 27.9 Å². The molecule has 0 spiro atoms. The molecule has 0 saturated carbocycles. The number of ketones is 1. The van der Waals surface area contributed by atoms with Crippen LogP contribution in [-0.4, -0.2) is 62.3 Å². The van der Waals surface area contributed by atoms with Crippen LogP contribution < -0.4 is 5.56 Å². The van der Waals surface area contributed by atoms with Crippen LogP contribution in [0.15, 0.2) is 16.1 Å². The SMILES string of the molecule is CCC(=O)CCC(=O)O[C@H](CC)Cn1cnc2c(=O)n(C)c(N=CN(C)C)nc21. The summed E-state index contributed by atoms with van der Waals surface area (Å²) in [4.78, 5) is 50.6. The van der Waals surface area contributed by atoms with E-state index in [0.29, 0.717) is 25.0 Å². The van der Waals surface area contributed by atoms with Gasteiger partial charge in [-0.2, -0.15) is 4.98 Å². The highest BCUT2D eigenvalue weighted by Crippen LogP contribution is 2.14. The van der Waals surface area contributed by atoms with Crippen LogP contribution in [0.1, 0.15) is 39.5 Å². The number of carbonyl (C=O) groups is 2. The fraction of sp³-hybridized carbons (Fsp3) is 0.579. The number of aliphatic imine (C=N–C) groups is 1. The molecule has 10 nitrogen and oxygen atoms in total. The zero-order valence-electron chi connectivity index (χ0n) is 17.6. The number of carbonyl (C=O) groups excluding carboxylic acids is 2. The lowest BCUT2D eigenvalue weighted by Crippen LogP contribution is -2.24. The van der Waals surface area contributed by atoms with E-state index in [4.69, 9.17) is 4.74 Å². The van der Waals surface area contributed by atoms with Gasteiger partial charge in [0, 0.05) is 34.0 Å². The Bertz CT molecular complexity index is 959. The molecule has 0 unspecified atom stereocenters. The molecule has 0 radical (unpaired) electrons. The van der Waals surface area contributed by atoms with E-state index in [1.807, 2.05) is 21.0 Å². The van der Waals surface area contributed by atoms with Crippen molar-refractivity contribution < 1.29 is 14.3 Å². The van der Waals surface area contributed by atoms with Crippen LogP contribution in [0.25, 0.3) is 11.2 Å². The molecule has 0 bridgehead atoms. The number of hydrogen-bond acceptors (Lipinski definition) is 7. The number of fused-ring (bicyclic) bond motifs is 1. The predicted molar refractivity (Wildman–Crippen MR) is 109 cm³/mol. The number of aromatic nitrogens is 4. The maximum Gasteiger partial charge on any atom is 0.306 e. The molecule has 0 saturated heterocycles. The molecule has 10 heteroatoms. The lowest BCUT2D eigenvalue weighted by molar-refractivity contribution is -0.150. The third kappa shape index (κ3) is 5.72. The first-order valence-electron chi connectivity index (χ1n) is 9.60. The van der Waals surface area contributed by atoms with Gasteiger partial charge in [0.05, 0.1) is 25.6 Å². The molecular formula is C19H28N6O4. The maximum atomic E-state index is 12.6. The molecule has 29 heavy (non-hydrogen) atoms. The molecule has 158 valence electrons. The molecule has 0 aliphatic heterocycles. The monoisotopic (exact) mass is 404 g/mol. The van der Waals surface area contributed by atoms with Crippen LogP contribution in [0.2, 0.25) is 0 Å². The molecule has 0 amide bonds. The molecule has 0 aliphatic rings. The molecule has 2 heterocycles. The highest BCUT2D eigenvalue weighted by molar-refractivity contribution is 5.82. The average molecular weight is 404 g/mol. The van der Waals surface area contributed by atoms with Gasteiger partial charge >= 0.3 is 5.97 Å². The summed E-state index contributed by atoms with van der Waals surface area (Å²) in [6, 6.07) is 0. The Morgan fingerprint density at radius 1 is 1.31 bits per heavy atom. The summed E-state index contributed by atoms with van der Waals surface area (Å²) >= 11 is 0. The summed E-state index contributed by atoms with van der Waals surface area (Å²) < 4.78 is 8.51. The minimum atomic E-state index is -0.420. The van der Waals surface area contributed by atoms with E-state index in [0.717, 1.165) is 0 Å². The van der Waals surface area contributed by atoms with Crippen molar-refractivity contribution in [2.75, 3.05) is 14.1 Å². The quantitative estimate of drug-likeness (QED) is 0.334. The lowest BCUT2D eigenvalue weighted by Gasteiger charge is -2.17. The second kappa shape index (κ2) is 9.94. The maximum absolute atomic E-state index is 12.6. The van der Waals surface area contributed by atoms with E-state index in [1.165, 1.54) is 10.9 Å². The second-order valence-electron chi connectivity index (χ2n) is 6.97. The summed E-state index contributed by atoms with van der Waals surface area (Å²) in [6.45, 7) is 3.96. The van der Waals surface area contributed by atoms with Crippen LogP contribution in [0.3, 0.4) is 0 Å². The van der Waals surface area contributed by atoms with Gasteiger partial charge in [-0.3, -0.25) is 19.0 Å². The largest absolute Gasteiger partial charge is 0.460 e. The van der Waals surface area contributed by atoms with Crippen LogP contribution in [0.5, 0.6) is 0 Å². The van der Waals surface area contributed by atoms with Crippen molar-refractivity contribution in [1.29, 1.82) is 0 Å². The Balaban J connectivity index is 2.23. The van der Waals surface area contributed by atoms with E-state index < -0.39 is 12.1 Å². The number of esters is 1. The Morgan fingerprint density at radius 3 is 2.66 bits per heavy atom. The van der Waals surface area contributed by atoms with Crippen LogP contribution in [0.4, 0.5) is 5.95 Å². The Hall–Kier alpha value is -3.04. The number of nitrogens with zero attached hydrogens (tertiary/aromatic N) is 6. The van der Waals surface area contributed by atoms with Gasteiger partial charge in [-0.15, -0.1) is 0 Å². The standard InChI is InChI=1S/C19H28N6O4/c1-6-13(26)8-9-15(27)29-14(7-2)10-25-12-20-16-17(25)22-19(21-11-23(3)4)24(5)18(16)28/h11-12,14H,6-10H2,1-5H3/t14-/m1/s1. The highest BCUT2D eigenvalue weighted by Gasteiger charge is 2.18. The van der Waals surface area contributed by atoms with Gasteiger partial charge in [0.1, 0.15) is 11.9 Å². The first-order valence-corrected chi connectivity index (χ1v) is 9.60. The van der Waals surface area contributed by atoms with Gasteiger partial charge < -0.3 is 14.2 Å². The van der Waals surface area contributed by atoms with Gasteiger partial charge in [0.15, 0.2) is 11.2 Å². The van der Waals surface area contributed by atoms with E-state index in [2.05, 4.69) is 15.0 Å². The third-order valence-corrected chi connectivity index (χ3v) is 4.38. The Morgan fingerprint density at radius 2 is 2.03 bits per heavy atom. The number of ether oxygens (including phenoxy) is 1. The summed E-state index contributed by atoms with van der Waals surface area (Å²) in [7, 11) is 5.22. The minimum absolute atomic E-state index is 0.0291. The number of imidazole rings is 1. The zero-order chi connectivity index (χ0) is 21.6. The lowest BCUT2D eigenvalue weighted by atomic mass is 10.2. The van der Waals surface area contributed by atoms with Crippen molar-refractivity contribution in [2.24, 2.45) is 12.0 Å². The highest BCUT2D eigenvalue weighted by atomic mass is 16.5. The van der Waals surface area contributed by atoms with Crippen molar-refractivity contribution in [3.63, 3.8) is 0 Å². The molecule has 0 aromatic carbocycles. The van der Waals surface area contributed by atoms with Crippen LogP contribution >= 0.6 is 0 Å². The van der Waals surface area contributed by atoms with Gasteiger partial charge in [-0.1, -0.05) is 13.8 Å². The summed E-state index contributed by atoms with van der Waals surface area (Å²) in [5.41, 5.74) is 0.309. The smallest absolute Gasteiger partial charge is 0.306 e. The van der Waals surface area contributed by atoms with Gasteiger partial charge in [-0.05, 0) is 6.42 Å². The summed E-state index contributed by atoms with van der Waals surface area (Å²) in [6.07, 6.45) is 3.88. The number of Topliss-reactive ketones (excluding diaryl/α,β-unsaturated/α-hetero) is 1. The third-order valence-electron chi connectivity index (χ3n) is 4.38. The van der Waals surface area contributed by atoms with E-state index >= 15 is 0 Å². The van der Waals surface area contributed by atoms with E-state index in [9.17, 15) is 14.4 Å². The van der Waals surface area contributed by atoms with Gasteiger partial charge in [0.2, 0.25) is 5.95 Å². The van der Waals surface area contributed by atoms with Crippen molar-refractivity contribution in [3.8, 4) is 0 Å². The molecule has 2 aromatic heterocycles. The average Bonchev–Trinajstić information content (AvgIpc) is 3.09. The van der Waals surface area contributed by atoms with Crippen molar-refractivity contribution >= 4 is 35.2 Å². The summed E-state index contributed by atoms with van der Waals surface area (Å²) in [5.74, 6) is -0.134. The fourth-order valence-electron chi connectivity index (χ4n) is 2.61. The topological polar surface area (TPSA) is 112 Å². The second-order valence-corrected chi connectivity index (χ2v) is 6.97. The van der Waals surface area contributed by atoms with Crippen molar-refractivity contribution in [1.82, 2.24) is 24.0 Å². The molecule has 1 atom stereocenters. The van der Waals surface area contributed by atoms with Crippen LogP contribution in [0, 0.1) is 0 Å². The normalized spacial score (nSPS) is 12.4. The molecule has 0 N–H and O–H groups in total. The molecule has 0 aliphatic carbocycles. The number of rotatable bonds is 10. The molecular weight excluding hydrogens is 376 g/mol. The molecule has 2 aromatic rings. The summed E-state index contributed by atoms with van der Waals surface area (Å²) in [5, 5.41) is 0. The van der Waals surface area contributed by atoms with Gasteiger partial charge in [0.25, 0.3) is 5.56 Å². The first-order chi connectivity index (χ1) is 13.8. The number of hydrogen-bond donors (Lipinski definition) is 0. The first kappa shape index (κ1) is 22.3. The fourth-order valence-corrected chi connectivity index (χ4v) is 2.61. The molecule has 0 fully saturated rings. The van der Waals surface area contributed by atoms with Crippen molar-refractivity contribution in [2.45, 2.75) is 52.2 Å². The Labute approximate surface area is 169 Å². The predicted octanol–water partition coefficient (Wildman–Crippen LogP) is 1.43. The van der Waals surface area contributed by atoms with Gasteiger partial charge in [-0.25, -0.2) is 9.98 Å². The van der Waals surface area contributed by atoms with E-state index in [-0.39, 0.29) is 35.6 Å². The Kier molecular flexibility index (Phi) is 7.63. The molecule has 2 rings (SSSR count). The van der Waals surface area contributed by atoms with E-state index in [1.54, 1.807) is 29.8 Å². The zero-order valence-corrected chi connectivity index (χ0v) is 17.6. The van der Waals surface area contributed by atoms with Crippen molar-refractivity contribution in [3.05, 3.63) is 16.7 Å².